The van der Waals surface area contributed by atoms with Crippen LogP contribution in [0, 0.1) is 5.92 Å². The monoisotopic (exact) mass is 426 g/mol. The smallest absolute Gasteiger partial charge is 0.387 e. The average Bonchev–Trinajstić information content (AvgIpc) is 2.73. The van der Waals surface area contributed by atoms with Crippen LogP contribution in [0.25, 0.3) is 0 Å². The zero-order valence-electron chi connectivity index (χ0n) is 17.0. The van der Waals surface area contributed by atoms with Gasteiger partial charge in [0.15, 0.2) is 0 Å². The highest BCUT2D eigenvalue weighted by molar-refractivity contribution is 5.79. The van der Waals surface area contributed by atoms with Crippen LogP contribution in [0.3, 0.4) is 0 Å². The number of carbonyl (C=O) groups excluding carboxylic acids is 1. The Morgan fingerprint density at radius 1 is 1.07 bits per heavy atom. The Bertz CT molecular complexity index is 756. The zero-order chi connectivity index (χ0) is 21.3. The van der Waals surface area contributed by atoms with Gasteiger partial charge >= 0.3 is 6.18 Å². The molecule has 4 rings (SSSR count). The lowest BCUT2D eigenvalue weighted by Crippen LogP contribution is -2.46. The highest BCUT2D eigenvalue weighted by Crippen LogP contribution is 2.36. The summed E-state index contributed by atoms with van der Waals surface area (Å²) in [6.45, 7) is 1.84. The van der Waals surface area contributed by atoms with Crippen molar-refractivity contribution in [2.45, 2.75) is 69.4 Å². The Kier molecular flexibility index (Phi) is 6.36. The fourth-order valence-corrected chi connectivity index (χ4v) is 4.95. The minimum absolute atomic E-state index is 0.0540. The molecule has 2 N–H and O–H groups in total. The fourth-order valence-electron chi connectivity index (χ4n) is 4.95. The van der Waals surface area contributed by atoms with Crippen molar-refractivity contribution < 1.29 is 27.8 Å². The molecule has 0 spiro atoms. The van der Waals surface area contributed by atoms with Crippen LogP contribution in [0.2, 0.25) is 0 Å². The van der Waals surface area contributed by atoms with Gasteiger partial charge in [0.05, 0.1) is 18.2 Å². The second-order valence-corrected chi connectivity index (χ2v) is 8.75. The van der Waals surface area contributed by atoms with Crippen molar-refractivity contribution in [3.63, 3.8) is 0 Å². The number of carbonyl (C=O) groups is 1. The number of hydrogen-bond acceptors (Lipinski definition) is 4. The number of nitrogens with zero attached hydrogens (tertiary/aromatic N) is 1. The molecule has 2 fully saturated rings. The maximum absolute atomic E-state index is 13.1. The van der Waals surface area contributed by atoms with Gasteiger partial charge in [-0.25, -0.2) is 0 Å². The Morgan fingerprint density at radius 2 is 1.73 bits per heavy atom. The van der Waals surface area contributed by atoms with Gasteiger partial charge in [0.2, 0.25) is 5.91 Å². The number of β-amino-alcohol motifs (C(OH)–C–C–N with tert-alkyl or cyclic N) is 1. The number of rotatable bonds is 3. The summed E-state index contributed by atoms with van der Waals surface area (Å²) in [7, 11) is 0. The van der Waals surface area contributed by atoms with Crippen molar-refractivity contribution in [3.8, 4) is 0 Å². The van der Waals surface area contributed by atoms with E-state index in [9.17, 15) is 23.1 Å². The second kappa shape index (κ2) is 8.85. The summed E-state index contributed by atoms with van der Waals surface area (Å²) in [5.74, 6) is -0.182. The van der Waals surface area contributed by atoms with Gasteiger partial charge in [0.1, 0.15) is 0 Å². The molecule has 2 heterocycles. The lowest BCUT2D eigenvalue weighted by Gasteiger charge is -2.37. The van der Waals surface area contributed by atoms with Crippen LogP contribution in [-0.4, -0.2) is 47.8 Å². The average molecular weight is 426 g/mol. The third-order valence-electron chi connectivity index (χ3n) is 6.66. The van der Waals surface area contributed by atoms with Crippen molar-refractivity contribution in [2.75, 3.05) is 19.8 Å². The fraction of sp³-hybridized carbons (Fsp3) is 0.682. The van der Waals surface area contributed by atoms with E-state index in [2.05, 4.69) is 5.32 Å². The minimum Gasteiger partial charge on any atom is -0.387 e. The highest BCUT2D eigenvalue weighted by Gasteiger charge is 2.36. The number of aliphatic hydroxyl groups is 1. The van der Waals surface area contributed by atoms with Gasteiger partial charge in [-0.05, 0) is 61.8 Å². The largest absolute Gasteiger partial charge is 0.416 e. The van der Waals surface area contributed by atoms with Gasteiger partial charge in [0.25, 0.3) is 0 Å². The molecule has 1 unspecified atom stereocenters. The number of hydrogen-bond donors (Lipinski definition) is 2. The topological polar surface area (TPSA) is 61.8 Å². The number of nitrogens with one attached hydrogen (secondary N) is 1. The maximum Gasteiger partial charge on any atom is 0.416 e. The van der Waals surface area contributed by atoms with Crippen LogP contribution in [-0.2, 0) is 22.3 Å². The molecule has 1 saturated carbocycles. The number of amides is 1. The van der Waals surface area contributed by atoms with Crippen molar-refractivity contribution in [1.82, 2.24) is 10.2 Å². The third-order valence-corrected chi connectivity index (χ3v) is 6.66. The lowest BCUT2D eigenvalue weighted by atomic mass is 9.84. The van der Waals surface area contributed by atoms with Crippen LogP contribution in [0.15, 0.2) is 18.2 Å². The molecule has 30 heavy (non-hydrogen) atoms. The summed E-state index contributed by atoms with van der Waals surface area (Å²) in [4.78, 5) is 14.6. The van der Waals surface area contributed by atoms with Gasteiger partial charge in [-0.15, -0.1) is 0 Å². The maximum atomic E-state index is 13.1. The molecule has 0 bridgehead atoms. The normalized spacial score (nSPS) is 28.3. The van der Waals surface area contributed by atoms with Crippen molar-refractivity contribution in [2.24, 2.45) is 5.92 Å². The second-order valence-electron chi connectivity index (χ2n) is 8.75. The van der Waals surface area contributed by atoms with Crippen LogP contribution in [0.1, 0.15) is 61.3 Å². The van der Waals surface area contributed by atoms with E-state index in [-0.39, 0.29) is 24.9 Å². The summed E-state index contributed by atoms with van der Waals surface area (Å²) < 4.78 is 44.5. The van der Waals surface area contributed by atoms with Crippen LogP contribution >= 0.6 is 0 Å². The summed E-state index contributed by atoms with van der Waals surface area (Å²) in [5, 5.41) is 14.1. The first kappa shape index (κ1) is 21.6. The Morgan fingerprint density at radius 3 is 2.40 bits per heavy atom. The zero-order valence-corrected chi connectivity index (χ0v) is 17.0. The van der Waals surface area contributed by atoms with Crippen molar-refractivity contribution in [1.29, 1.82) is 0 Å². The Labute approximate surface area is 174 Å². The molecule has 1 aromatic rings. The quantitative estimate of drug-likeness (QED) is 0.778. The van der Waals surface area contributed by atoms with Gasteiger partial charge in [-0.2, -0.15) is 13.2 Å². The Balaban J connectivity index is 1.35. The van der Waals surface area contributed by atoms with Crippen LogP contribution < -0.4 is 5.32 Å². The molecule has 8 heteroatoms. The summed E-state index contributed by atoms with van der Waals surface area (Å²) in [5.41, 5.74) is 0.116. The number of alkyl halides is 3. The van der Waals surface area contributed by atoms with Gasteiger partial charge in [0, 0.05) is 37.8 Å². The summed E-state index contributed by atoms with van der Waals surface area (Å²) in [6, 6.07) is 4.27. The van der Waals surface area contributed by atoms with Gasteiger partial charge in [-0.1, -0.05) is 6.07 Å². The predicted octanol–water partition coefficient (Wildman–Crippen LogP) is 3.41. The first-order chi connectivity index (χ1) is 14.3. The molecule has 166 valence electrons. The van der Waals surface area contributed by atoms with E-state index in [0.717, 1.165) is 63.9 Å². The highest BCUT2D eigenvalue weighted by atomic mass is 19.4. The van der Waals surface area contributed by atoms with Crippen LogP contribution in [0.4, 0.5) is 13.2 Å². The standard InChI is InChI=1S/C22H29F3N2O3/c23-22(24,25)16-3-6-19-15(11-16)12-27(13-20(19)28)21(29)14-1-4-17(5-2-14)26-18-7-9-30-10-8-18/h3,6,11,14,17-18,20,26,28H,1-2,4-5,7-10,12-13H2. The first-order valence-electron chi connectivity index (χ1n) is 10.8. The molecule has 1 aromatic carbocycles. The minimum atomic E-state index is -4.44. The Hall–Kier alpha value is -1.64. The molecule has 2 aliphatic heterocycles. The van der Waals surface area contributed by atoms with E-state index >= 15 is 0 Å². The third kappa shape index (κ3) is 4.81. The number of halogens is 3. The number of aliphatic hydroxyl groups excluding tert-OH is 1. The molecule has 3 aliphatic rings. The molecule has 5 nitrogen and oxygen atoms in total. The number of benzene rings is 1. The summed E-state index contributed by atoms with van der Waals surface area (Å²) >= 11 is 0. The molecule has 1 amide bonds. The molecule has 0 aromatic heterocycles. The van der Waals surface area contributed by atoms with Crippen molar-refractivity contribution in [3.05, 3.63) is 34.9 Å². The van der Waals surface area contributed by atoms with E-state index in [1.165, 1.54) is 11.0 Å². The van der Waals surface area contributed by atoms with E-state index in [0.29, 0.717) is 23.2 Å². The number of ether oxygens (including phenoxy) is 1. The molecular weight excluding hydrogens is 397 g/mol. The molecule has 0 radical (unpaired) electrons. The van der Waals surface area contributed by atoms with E-state index in [1.807, 2.05) is 0 Å². The summed E-state index contributed by atoms with van der Waals surface area (Å²) in [6.07, 6.45) is 0.00331. The lowest BCUT2D eigenvalue weighted by molar-refractivity contribution is -0.139. The van der Waals surface area contributed by atoms with E-state index in [1.54, 1.807) is 0 Å². The molecule has 1 saturated heterocycles. The van der Waals surface area contributed by atoms with Gasteiger partial charge < -0.3 is 20.1 Å². The molecule has 1 atom stereocenters. The SMILES string of the molecule is O=C(C1CCC(NC2CCOCC2)CC1)N1Cc2cc(C(F)(F)F)ccc2C(O)C1. The molecule has 1 aliphatic carbocycles. The predicted molar refractivity (Wildman–Crippen MR) is 105 cm³/mol. The van der Waals surface area contributed by atoms with E-state index < -0.39 is 17.8 Å². The van der Waals surface area contributed by atoms with E-state index in [4.69, 9.17) is 4.74 Å². The van der Waals surface area contributed by atoms with Crippen LogP contribution in [0.5, 0.6) is 0 Å². The molecular formula is C22H29F3N2O3. The van der Waals surface area contributed by atoms with Crippen molar-refractivity contribution >= 4 is 5.91 Å². The number of fused-ring (bicyclic) bond motifs is 1. The van der Waals surface area contributed by atoms with Gasteiger partial charge in [-0.3, -0.25) is 4.79 Å². The first-order valence-corrected chi connectivity index (χ1v) is 10.8.